The first-order valence-corrected chi connectivity index (χ1v) is 8.39. The van der Waals surface area contributed by atoms with E-state index in [9.17, 15) is 13.2 Å². The van der Waals surface area contributed by atoms with Gasteiger partial charge in [-0.2, -0.15) is 0 Å². The van der Waals surface area contributed by atoms with Crippen LogP contribution < -0.4 is 5.73 Å². The minimum absolute atomic E-state index is 0.0876. The summed E-state index contributed by atoms with van der Waals surface area (Å²) in [5.41, 5.74) is 5.94. The van der Waals surface area contributed by atoms with Gasteiger partial charge in [-0.25, -0.2) is 12.7 Å². The molecule has 0 spiro atoms. The zero-order chi connectivity index (χ0) is 14.8. The number of hydrogen-bond acceptors (Lipinski definition) is 3. The number of nitrogens with two attached hydrogens (primary N) is 1. The van der Waals surface area contributed by atoms with Gasteiger partial charge in [0, 0.05) is 18.1 Å². The first kappa shape index (κ1) is 15.3. The van der Waals surface area contributed by atoms with Gasteiger partial charge in [-0.1, -0.05) is 23.7 Å². The number of amides is 1. The molecule has 1 aliphatic heterocycles. The predicted molar refractivity (Wildman–Crippen MR) is 77.6 cm³/mol. The second-order valence-electron chi connectivity index (χ2n) is 4.98. The van der Waals surface area contributed by atoms with E-state index < -0.39 is 15.9 Å². The van der Waals surface area contributed by atoms with E-state index in [1.54, 1.807) is 24.3 Å². The van der Waals surface area contributed by atoms with Gasteiger partial charge < -0.3 is 5.73 Å². The van der Waals surface area contributed by atoms with E-state index in [4.69, 9.17) is 17.3 Å². The van der Waals surface area contributed by atoms with Crippen molar-refractivity contribution in [3.63, 3.8) is 0 Å². The second kappa shape index (κ2) is 6.11. The quantitative estimate of drug-likeness (QED) is 0.911. The maximum atomic E-state index is 12.3. The Kier molecular flexibility index (Phi) is 4.67. The third-order valence-corrected chi connectivity index (χ3v) is 5.51. The van der Waals surface area contributed by atoms with Gasteiger partial charge in [-0.15, -0.1) is 0 Å². The zero-order valence-corrected chi connectivity index (χ0v) is 12.5. The highest BCUT2D eigenvalue weighted by Crippen LogP contribution is 2.21. The van der Waals surface area contributed by atoms with Crippen molar-refractivity contribution >= 4 is 27.5 Å². The fourth-order valence-electron chi connectivity index (χ4n) is 2.31. The molecule has 7 heteroatoms. The molecule has 0 unspecified atom stereocenters. The molecule has 0 bridgehead atoms. The van der Waals surface area contributed by atoms with Crippen molar-refractivity contribution in [2.75, 3.05) is 13.1 Å². The molecule has 110 valence electrons. The molecule has 1 fully saturated rings. The minimum atomic E-state index is -3.43. The number of nitrogens with zero attached hydrogens (tertiary/aromatic N) is 1. The van der Waals surface area contributed by atoms with E-state index in [1.807, 2.05) is 0 Å². The van der Waals surface area contributed by atoms with Gasteiger partial charge in [0.05, 0.1) is 11.7 Å². The Hall–Kier alpha value is -1.11. The minimum Gasteiger partial charge on any atom is -0.369 e. The maximum absolute atomic E-state index is 12.3. The van der Waals surface area contributed by atoms with Crippen molar-refractivity contribution in [3.05, 3.63) is 34.9 Å². The van der Waals surface area contributed by atoms with E-state index in [-0.39, 0.29) is 18.2 Å². The van der Waals surface area contributed by atoms with Crippen LogP contribution in [0.4, 0.5) is 0 Å². The molecule has 1 atom stereocenters. The summed E-state index contributed by atoms with van der Waals surface area (Å²) in [6.45, 7) is 0.630. The van der Waals surface area contributed by atoms with Crippen LogP contribution in [0, 0.1) is 5.92 Å². The lowest BCUT2D eigenvalue weighted by molar-refractivity contribution is -0.122. The predicted octanol–water partition coefficient (Wildman–Crippen LogP) is 1.37. The van der Waals surface area contributed by atoms with Crippen molar-refractivity contribution in [2.45, 2.75) is 18.6 Å². The number of sulfonamides is 1. The Bertz CT molecular complexity index is 586. The number of halogens is 1. The van der Waals surface area contributed by atoms with Crippen LogP contribution in [0.3, 0.4) is 0 Å². The number of piperidine rings is 1. The normalized spacial score (nSPS) is 20.8. The van der Waals surface area contributed by atoms with Crippen LogP contribution in [0.1, 0.15) is 18.4 Å². The van der Waals surface area contributed by atoms with Crippen molar-refractivity contribution in [3.8, 4) is 0 Å². The van der Waals surface area contributed by atoms with Crippen LogP contribution in [-0.2, 0) is 20.6 Å². The van der Waals surface area contributed by atoms with Gasteiger partial charge in [0.2, 0.25) is 15.9 Å². The molecule has 1 aromatic carbocycles. The molecule has 0 radical (unpaired) electrons. The van der Waals surface area contributed by atoms with Crippen LogP contribution in [-0.4, -0.2) is 31.7 Å². The SMILES string of the molecule is NC(=O)[C@H]1CCCN(S(=O)(=O)Cc2ccc(Cl)cc2)C1. The molecular formula is C13H17ClN2O3S. The van der Waals surface area contributed by atoms with Gasteiger partial charge in [0.25, 0.3) is 0 Å². The molecule has 2 rings (SSSR count). The summed E-state index contributed by atoms with van der Waals surface area (Å²) in [7, 11) is -3.43. The fraction of sp³-hybridized carbons (Fsp3) is 0.462. The largest absolute Gasteiger partial charge is 0.369 e. The molecule has 1 aromatic rings. The van der Waals surface area contributed by atoms with Crippen molar-refractivity contribution in [1.29, 1.82) is 0 Å². The fourth-order valence-corrected chi connectivity index (χ4v) is 4.05. The first-order valence-electron chi connectivity index (χ1n) is 6.40. The maximum Gasteiger partial charge on any atom is 0.221 e. The summed E-state index contributed by atoms with van der Waals surface area (Å²) < 4.78 is 26.1. The standard InChI is InChI=1S/C13H17ClN2O3S/c14-12-5-3-10(4-6-12)9-20(18,19)16-7-1-2-11(8-16)13(15)17/h3-6,11H,1-2,7-9H2,(H2,15,17)/t11-/m0/s1. The summed E-state index contributed by atoms with van der Waals surface area (Å²) in [5.74, 6) is -0.907. The molecule has 5 nitrogen and oxygen atoms in total. The highest BCUT2D eigenvalue weighted by atomic mass is 35.5. The van der Waals surface area contributed by atoms with E-state index >= 15 is 0 Å². The molecule has 1 aliphatic rings. The Balaban J connectivity index is 2.09. The highest BCUT2D eigenvalue weighted by Gasteiger charge is 2.31. The zero-order valence-electron chi connectivity index (χ0n) is 11.0. The van der Waals surface area contributed by atoms with E-state index in [0.29, 0.717) is 30.0 Å². The summed E-state index contributed by atoms with van der Waals surface area (Å²) >= 11 is 5.77. The Labute approximate surface area is 123 Å². The van der Waals surface area contributed by atoms with E-state index in [0.717, 1.165) is 0 Å². The number of hydrogen-bond donors (Lipinski definition) is 1. The van der Waals surface area contributed by atoms with Crippen molar-refractivity contribution < 1.29 is 13.2 Å². The summed E-state index contributed by atoms with van der Waals surface area (Å²) in [5, 5.41) is 0.568. The molecule has 1 saturated heterocycles. The van der Waals surface area contributed by atoms with Gasteiger partial charge in [-0.3, -0.25) is 4.79 Å². The molecule has 1 amide bonds. The van der Waals surface area contributed by atoms with Crippen molar-refractivity contribution in [1.82, 2.24) is 4.31 Å². The lowest BCUT2D eigenvalue weighted by atomic mass is 9.99. The molecule has 0 aliphatic carbocycles. The van der Waals surface area contributed by atoms with Gasteiger partial charge >= 0.3 is 0 Å². The lowest BCUT2D eigenvalue weighted by Gasteiger charge is -2.30. The molecular weight excluding hydrogens is 300 g/mol. The van der Waals surface area contributed by atoms with Crippen LogP contribution in [0.2, 0.25) is 5.02 Å². The lowest BCUT2D eigenvalue weighted by Crippen LogP contribution is -2.44. The number of carbonyl (C=O) groups excluding carboxylic acids is 1. The molecule has 0 saturated carbocycles. The van der Waals surface area contributed by atoms with Gasteiger partial charge in [0.15, 0.2) is 0 Å². The first-order chi connectivity index (χ1) is 9.38. The van der Waals surface area contributed by atoms with Crippen LogP contribution >= 0.6 is 11.6 Å². The van der Waals surface area contributed by atoms with Crippen LogP contribution in [0.15, 0.2) is 24.3 Å². The summed E-state index contributed by atoms with van der Waals surface area (Å²) in [6, 6.07) is 6.70. The number of benzene rings is 1. The average Bonchev–Trinajstić information content (AvgIpc) is 2.41. The molecule has 0 aromatic heterocycles. The number of carbonyl (C=O) groups is 1. The number of primary amides is 1. The third-order valence-electron chi connectivity index (χ3n) is 3.44. The monoisotopic (exact) mass is 316 g/mol. The molecule has 2 N–H and O–H groups in total. The Morgan fingerprint density at radius 1 is 1.35 bits per heavy atom. The third kappa shape index (κ3) is 3.71. The van der Waals surface area contributed by atoms with E-state index in [1.165, 1.54) is 4.31 Å². The summed E-state index contributed by atoms with van der Waals surface area (Å²) in [4.78, 5) is 11.2. The molecule has 20 heavy (non-hydrogen) atoms. The van der Waals surface area contributed by atoms with Gasteiger partial charge in [0.1, 0.15) is 0 Å². The second-order valence-corrected chi connectivity index (χ2v) is 7.39. The van der Waals surface area contributed by atoms with Crippen LogP contribution in [0.25, 0.3) is 0 Å². The van der Waals surface area contributed by atoms with Gasteiger partial charge in [-0.05, 0) is 30.5 Å². The topological polar surface area (TPSA) is 80.5 Å². The Morgan fingerprint density at radius 2 is 2.00 bits per heavy atom. The van der Waals surface area contributed by atoms with E-state index in [2.05, 4.69) is 0 Å². The highest BCUT2D eigenvalue weighted by molar-refractivity contribution is 7.88. The average molecular weight is 317 g/mol. The van der Waals surface area contributed by atoms with Crippen LogP contribution in [0.5, 0.6) is 0 Å². The summed E-state index contributed by atoms with van der Waals surface area (Å²) in [6.07, 6.45) is 1.32. The van der Waals surface area contributed by atoms with Crippen molar-refractivity contribution in [2.24, 2.45) is 11.7 Å². The molecule has 1 heterocycles. The Morgan fingerprint density at radius 3 is 2.60 bits per heavy atom. The number of rotatable bonds is 4. The smallest absolute Gasteiger partial charge is 0.221 e.